The second-order valence-electron chi connectivity index (χ2n) is 6.21. The van der Waals surface area contributed by atoms with Crippen molar-refractivity contribution in [1.29, 1.82) is 0 Å². The van der Waals surface area contributed by atoms with Gasteiger partial charge in [0.1, 0.15) is 30.6 Å². The maximum atomic E-state index is 12.6. The van der Waals surface area contributed by atoms with Gasteiger partial charge in [-0.25, -0.2) is 4.79 Å². The molecular weight excluding hydrogens is 378 g/mol. The van der Waals surface area contributed by atoms with E-state index in [2.05, 4.69) is 15.5 Å². The van der Waals surface area contributed by atoms with E-state index in [4.69, 9.17) is 18.3 Å². The van der Waals surface area contributed by atoms with Gasteiger partial charge >= 0.3 is 11.6 Å². The lowest BCUT2D eigenvalue weighted by molar-refractivity contribution is 0.102. The lowest BCUT2D eigenvalue weighted by Gasteiger charge is -2.11. The Bertz CT molecular complexity index is 1340. The minimum atomic E-state index is -0.767. The Morgan fingerprint density at radius 1 is 1.00 bits per heavy atom. The van der Waals surface area contributed by atoms with E-state index in [1.807, 2.05) is 30.3 Å². The molecule has 9 heteroatoms. The fourth-order valence-corrected chi connectivity index (χ4v) is 3.05. The van der Waals surface area contributed by atoms with Crippen LogP contribution in [0.4, 0.5) is 6.01 Å². The molecule has 0 aliphatic carbocycles. The molecule has 0 fully saturated rings. The number of fused-ring (bicyclic) bond motifs is 3. The minimum Gasteiger partial charge on any atom is -0.494 e. The molecule has 0 spiro atoms. The van der Waals surface area contributed by atoms with Crippen molar-refractivity contribution in [1.82, 2.24) is 10.2 Å². The number of rotatable bonds is 3. The highest BCUT2D eigenvalue weighted by Crippen LogP contribution is 2.25. The molecule has 1 aliphatic rings. The fourth-order valence-electron chi connectivity index (χ4n) is 3.05. The van der Waals surface area contributed by atoms with Gasteiger partial charge in [-0.3, -0.25) is 10.1 Å². The number of benzene rings is 2. The van der Waals surface area contributed by atoms with Crippen molar-refractivity contribution in [2.45, 2.75) is 0 Å². The number of nitrogens with one attached hydrogen (secondary N) is 1. The summed E-state index contributed by atoms with van der Waals surface area (Å²) < 4.78 is 21.2. The third-order valence-electron chi connectivity index (χ3n) is 4.39. The first kappa shape index (κ1) is 17.0. The highest BCUT2D eigenvalue weighted by Gasteiger charge is 2.20. The van der Waals surface area contributed by atoms with Gasteiger partial charge in [-0.2, -0.15) is 0 Å². The van der Waals surface area contributed by atoms with Crippen LogP contribution in [0.1, 0.15) is 16.2 Å². The second-order valence-corrected chi connectivity index (χ2v) is 6.21. The quantitative estimate of drug-likeness (QED) is 0.418. The van der Waals surface area contributed by atoms with Crippen LogP contribution in [0.2, 0.25) is 0 Å². The number of carbonyl (C=O) groups is 1. The normalized spacial score (nSPS) is 13.6. The van der Waals surface area contributed by atoms with Crippen LogP contribution in [0.3, 0.4) is 0 Å². The molecule has 0 unspecified atom stereocenters. The number of hydrogen-bond acceptors (Lipinski definition) is 8. The number of carbonyl (C=O) groups excluding carboxylic acids is 1. The van der Waals surface area contributed by atoms with Crippen LogP contribution in [0.15, 0.2) is 62.4 Å². The van der Waals surface area contributed by atoms with Crippen LogP contribution < -0.4 is 10.9 Å². The van der Waals surface area contributed by atoms with E-state index in [1.165, 1.54) is 12.3 Å². The Balaban J connectivity index is 1.49. The molecule has 0 radical (unpaired) electrons. The maximum Gasteiger partial charge on any atom is 0.349 e. The van der Waals surface area contributed by atoms with Crippen LogP contribution in [0.5, 0.6) is 0 Å². The van der Waals surface area contributed by atoms with Gasteiger partial charge < -0.3 is 18.3 Å². The summed E-state index contributed by atoms with van der Waals surface area (Å²) in [5, 5.41) is 12.4. The molecule has 2 aromatic heterocycles. The Morgan fingerprint density at radius 3 is 2.76 bits per heavy atom. The van der Waals surface area contributed by atoms with E-state index in [9.17, 15) is 9.59 Å². The van der Waals surface area contributed by atoms with Crippen molar-refractivity contribution in [3.05, 3.63) is 70.6 Å². The standard InChI is InChI=1S/C20H13N3O6/c24-17(21-20-23-22-18(29-20)16-10-26-7-8-27-16)14-9-13-12-4-2-1-3-11(12)5-6-15(13)28-19(14)25/h1-6,9-10H,7-8H2,(H,21,23,24). The highest BCUT2D eigenvalue weighted by atomic mass is 16.6. The maximum absolute atomic E-state index is 12.6. The van der Waals surface area contributed by atoms with Gasteiger partial charge in [0, 0.05) is 5.39 Å². The predicted octanol–water partition coefficient (Wildman–Crippen LogP) is 2.93. The van der Waals surface area contributed by atoms with Gasteiger partial charge in [0.25, 0.3) is 11.8 Å². The number of amides is 1. The van der Waals surface area contributed by atoms with Gasteiger partial charge in [-0.1, -0.05) is 35.4 Å². The summed E-state index contributed by atoms with van der Waals surface area (Å²) in [5.74, 6) is -0.406. The van der Waals surface area contributed by atoms with Crippen molar-refractivity contribution in [3.63, 3.8) is 0 Å². The minimum absolute atomic E-state index is 0.0524. The monoisotopic (exact) mass is 391 g/mol. The largest absolute Gasteiger partial charge is 0.494 e. The predicted molar refractivity (Wildman–Crippen MR) is 102 cm³/mol. The Hall–Kier alpha value is -4.14. The van der Waals surface area contributed by atoms with E-state index < -0.39 is 11.5 Å². The molecule has 0 bridgehead atoms. The van der Waals surface area contributed by atoms with Gasteiger partial charge in [0.15, 0.2) is 0 Å². The lowest BCUT2D eigenvalue weighted by Crippen LogP contribution is -2.20. The summed E-state index contributed by atoms with van der Waals surface area (Å²) in [6.07, 6.45) is 1.35. The third kappa shape index (κ3) is 3.08. The molecule has 0 saturated heterocycles. The van der Waals surface area contributed by atoms with Crippen LogP contribution in [0.25, 0.3) is 27.5 Å². The van der Waals surface area contributed by atoms with Crippen molar-refractivity contribution in [3.8, 4) is 0 Å². The summed E-state index contributed by atoms with van der Waals surface area (Å²) in [5.41, 5.74) is -0.548. The molecule has 9 nitrogen and oxygen atoms in total. The number of ether oxygens (including phenoxy) is 2. The molecule has 2 aromatic carbocycles. The molecule has 5 rings (SSSR count). The van der Waals surface area contributed by atoms with Crippen molar-refractivity contribution in [2.24, 2.45) is 0 Å². The van der Waals surface area contributed by atoms with E-state index >= 15 is 0 Å². The SMILES string of the molecule is O=C(Nc1nnc(C2=COCCO2)o1)c1cc2c(ccc3ccccc32)oc1=O. The van der Waals surface area contributed by atoms with Gasteiger partial charge in [-0.15, -0.1) is 5.10 Å². The zero-order valence-electron chi connectivity index (χ0n) is 14.9. The van der Waals surface area contributed by atoms with Crippen molar-refractivity contribution >= 4 is 39.4 Å². The number of nitrogens with zero attached hydrogens (tertiary/aromatic N) is 2. The van der Waals surface area contributed by atoms with E-state index in [0.29, 0.717) is 24.2 Å². The van der Waals surface area contributed by atoms with Crippen LogP contribution in [-0.2, 0) is 9.47 Å². The summed E-state index contributed by atoms with van der Waals surface area (Å²) in [6, 6.07) is 12.5. The Labute approximate surface area is 162 Å². The molecule has 0 saturated carbocycles. The first-order valence-electron chi connectivity index (χ1n) is 8.74. The smallest absolute Gasteiger partial charge is 0.349 e. The second kappa shape index (κ2) is 6.79. The number of anilines is 1. The number of hydrogen-bond donors (Lipinski definition) is 1. The molecule has 4 aromatic rings. The van der Waals surface area contributed by atoms with Crippen molar-refractivity contribution in [2.75, 3.05) is 18.5 Å². The van der Waals surface area contributed by atoms with Crippen LogP contribution in [-0.4, -0.2) is 29.3 Å². The average molecular weight is 391 g/mol. The Kier molecular flexibility index (Phi) is 3.98. The highest BCUT2D eigenvalue weighted by molar-refractivity contribution is 6.10. The summed E-state index contributed by atoms with van der Waals surface area (Å²) in [7, 11) is 0. The molecule has 1 aliphatic heterocycles. The topological polar surface area (TPSA) is 117 Å². The first-order valence-corrected chi connectivity index (χ1v) is 8.74. The average Bonchev–Trinajstić information content (AvgIpc) is 3.22. The molecule has 1 amide bonds. The van der Waals surface area contributed by atoms with Gasteiger partial charge in [-0.05, 0) is 22.9 Å². The zero-order valence-corrected chi connectivity index (χ0v) is 14.9. The van der Waals surface area contributed by atoms with Gasteiger partial charge in [0.05, 0.1) is 0 Å². The lowest BCUT2D eigenvalue weighted by atomic mass is 10.0. The summed E-state index contributed by atoms with van der Waals surface area (Å²) >= 11 is 0. The number of aromatic nitrogens is 2. The summed E-state index contributed by atoms with van der Waals surface area (Å²) in [4.78, 5) is 24.9. The molecule has 29 heavy (non-hydrogen) atoms. The Morgan fingerprint density at radius 2 is 1.90 bits per heavy atom. The molecule has 1 N–H and O–H groups in total. The van der Waals surface area contributed by atoms with E-state index in [0.717, 1.165) is 10.8 Å². The van der Waals surface area contributed by atoms with Crippen LogP contribution in [0, 0.1) is 0 Å². The fraction of sp³-hybridized carbons (Fsp3) is 0.100. The first-order chi connectivity index (χ1) is 14.2. The third-order valence-corrected chi connectivity index (χ3v) is 4.39. The van der Waals surface area contributed by atoms with Crippen molar-refractivity contribution < 1.29 is 23.1 Å². The van der Waals surface area contributed by atoms with E-state index in [-0.39, 0.29) is 23.2 Å². The van der Waals surface area contributed by atoms with Gasteiger partial charge in [0.2, 0.25) is 5.76 Å². The summed E-state index contributed by atoms with van der Waals surface area (Å²) in [6.45, 7) is 0.773. The zero-order chi connectivity index (χ0) is 19.8. The van der Waals surface area contributed by atoms with Crippen LogP contribution >= 0.6 is 0 Å². The van der Waals surface area contributed by atoms with E-state index in [1.54, 1.807) is 6.07 Å². The molecule has 0 atom stereocenters. The molecule has 3 heterocycles. The molecule has 144 valence electrons. The molecular formula is C20H13N3O6.